The van der Waals surface area contributed by atoms with Crippen LogP contribution in [0.1, 0.15) is 23.6 Å². The molecule has 3 aromatic rings. The van der Waals surface area contributed by atoms with Crippen molar-refractivity contribution in [3.63, 3.8) is 0 Å². The molecule has 8 heteroatoms. The van der Waals surface area contributed by atoms with Gasteiger partial charge < -0.3 is 4.74 Å². The third kappa shape index (κ3) is 4.98. The number of amides is 4. The van der Waals surface area contributed by atoms with Crippen LogP contribution in [-0.4, -0.2) is 17.8 Å². The van der Waals surface area contributed by atoms with Gasteiger partial charge in [0.15, 0.2) is 5.75 Å². The maximum absolute atomic E-state index is 13.1. The van der Waals surface area contributed by atoms with Crippen LogP contribution >= 0.6 is 23.2 Å². The molecular formula is C26H20Cl2N2O4. The molecule has 1 N–H and O–H groups in total. The van der Waals surface area contributed by atoms with E-state index < -0.39 is 17.8 Å². The summed E-state index contributed by atoms with van der Waals surface area (Å²) in [7, 11) is 0. The van der Waals surface area contributed by atoms with Crippen molar-refractivity contribution in [2.24, 2.45) is 0 Å². The van der Waals surface area contributed by atoms with Crippen molar-refractivity contribution in [1.29, 1.82) is 0 Å². The highest BCUT2D eigenvalue weighted by Crippen LogP contribution is 2.36. The van der Waals surface area contributed by atoms with Crippen LogP contribution in [0.5, 0.6) is 5.75 Å². The number of imide groups is 2. The normalized spacial score (nSPS) is 15.0. The minimum absolute atomic E-state index is 0.218. The van der Waals surface area contributed by atoms with Crippen molar-refractivity contribution in [3.05, 3.63) is 99.0 Å². The molecule has 0 aliphatic carbocycles. The van der Waals surface area contributed by atoms with Gasteiger partial charge in [0.25, 0.3) is 11.8 Å². The summed E-state index contributed by atoms with van der Waals surface area (Å²) in [5.74, 6) is -1.25. The van der Waals surface area contributed by atoms with Crippen molar-refractivity contribution in [2.75, 3.05) is 4.90 Å². The summed E-state index contributed by atoms with van der Waals surface area (Å²) in [4.78, 5) is 38.9. The van der Waals surface area contributed by atoms with Gasteiger partial charge in [0.2, 0.25) is 0 Å². The molecule has 1 fully saturated rings. The molecule has 0 unspecified atom stereocenters. The van der Waals surface area contributed by atoms with Crippen molar-refractivity contribution in [3.8, 4) is 5.75 Å². The third-order valence-corrected chi connectivity index (χ3v) is 5.82. The second kappa shape index (κ2) is 10.1. The highest BCUT2D eigenvalue weighted by molar-refractivity contribution is 6.40. The van der Waals surface area contributed by atoms with Crippen molar-refractivity contribution in [2.45, 2.75) is 20.0 Å². The van der Waals surface area contributed by atoms with Gasteiger partial charge in [-0.2, -0.15) is 0 Å². The van der Waals surface area contributed by atoms with Gasteiger partial charge in [-0.25, -0.2) is 9.69 Å². The SMILES string of the molecule is CCc1ccc(N2C(=O)NC(=O)/C(=C/c3cc(Cl)c(OCc4ccccc4)c(Cl)c3)C2=O)cc1. The summed E-state index contributed by atoms with van der Waals surface area (Å²) < 4.78 is 5.76. The number of halogens is 2. The topological polar surface area (TPSA) is 75.7 Å². The summed E-state index contributed by atoms with van der Waals surface area (Å²) in [6, 6.07) is 18.8. The first-order valence-corrected chi connectivity index (χ1v) is 11.3. The Kier molecular flexibility index (Phi) is 7.01. The van der Waals surface area contributed by atoms with Gasteiger partial charge in [-0.05, 0) is 53.5 Å². The van der Waals surface area contributed by atoms with Crippen LogP contribution in [0.2, 0.25) is 10.0 Å². The van der Waals surface area contributed by atoms with E-state index in [1.165, 1.54) is 18.2 Å². The number of ether oxygens (including phenoxy) is 1. The van der Waals surface area contributed by atoms with Crippen molar-refractivity contribution < 1.29 is 19.1 Å². The Balaban J connectivity index is 1.60. The highest BCUT2D eigenvalue weighted by Gasteiger charge is 2.36. The number of carbonyl (C=O) groups excluding carboxylic acids is 3. The number of barbiturate groups is 1. The van der Waals surface area contributed by atoms with E-state index in [1.54, 1.807) is 12.1 Å². The second-order valence-corrected chi connectivity index (χ2v) is 8.38. The van der Waals surface area contributed by atoms with E-state index in [2.05, 4.69) is 5.32 Å². The third-order valence-electron chi connectivity index (χ3n) is 5.26. The summed E-state index contributed by atoms with van der Waals surface area (Å²) in [5, 5.41) is 2.65. The number of aryl methyl sites for hydroxylation is 1. The van der Waals surface area contributed by atoms with Gasteiger partial charge in [0, 0.05) is 0 Å². The van der Waals surface area contributed by atoms with Gasteiger partial charge in [0.05, 0.1) is 15.7 Å². The maximum Gasteiger partial charge on any atom is 0.335 e. The Morgan fingerprint density at radius 3 is 2.18 bits per heavy atom. The average Bonchev–Trinajstić information content (AvgIpc) is 2.82. The van der Waals surface area contributed by atoms with Gasteiger partial charge in [-0.1, -0.05) is 72.6 Å². The van der Waals surface area contributed by atoms with E-state index in [9.17, 15) is 14.4 Å². The van der Waals surface area contributed by atoms with Gasteiger partial charge in [0.1, 0.15) is 12.2 Å². The fourth-order valence-electron chi connectivity index (χ4n) is 3.47. The smallest absolute Gasteiger partial charge is 0.335 e. The average molecular weight is 495 g/mol. The van der Waals surface area contributed by atoms with Crippen LogP contribution in [0.3, 0.4) is 0 Å². The number of carbonyl (C=O) groups is 3. The number of nitrogens with zero attached hydrogens (tertiary/aromatic N) is 1. The second-order valence-electron chi connectivity index (χ2n) is 7.57. The zero-order valence-electron chi connectivity index (χ0n) is 18.2. The number of hydrogen-bond acceptors (Lipinski definition) is 4. The zero-order valence-corrected chi connectivity index (χ0v) is 19.7. The van der Waals surface area contributed by atoms with E-state index in [4.69, 9.17) is 27.9 Å². The molecule has 0 saturated carbocycles. The molecule has 4 amide bonds. The number of benzene rings is 3. The summed E-state index contributed by atoms with van der Waals surface area (Å²) in [5.41, 5.74) is 2.56. The Morgan fingerprint density at radius 2 is 1.56 bits per heavy atom. The molecule has 3 aromatic carbocycles. The van der Waals surface area contributed by atoms with Crippen LogP contribution in [0.4, 0.5) is 10.5 Å². The molecule has 1 saturated heterocycles. The molecule has 0 bridgehead atoms. The van der Waals surface area contributed by atoms with E-state index >= 15 is 0 Å². The van der Waals surface area contributed by atoms with Crippen molar-refractivity contribution in [1.82, 2.24) is 5.32 Å². The van der Waals surface area contributed by atoms with Crippen LogP contribution in [0.15, 0.2) is 72.3 Å². The van der Waals surface area contributed by atoms with Gasteiger partial charge in [-0.15, -0.1) is 0 Å². The van der Waals surface area contributed by atoms with Gasteiger partial charge >= 0.3 is 6.03 Å². The summed E-state index contributed by atoms with van der Waals surface area (Å²) in [6.45, 7) is 2.27. The quantitative estimate of drug-likeness (QED) is 0.347. The number of rotatable bonds is 6. The van der Waals surface area contributed by atoms with E-state index in [-0.39, 0.29) is 22.2 Å². The number of hydrogen-bond donors (Lipinski definition) is 1. The lowest BCUT2D eigenvalue weighted by atomic mass is 10.1. The van der Waals surface area contributed by atoms with E-state index in [0.29, 0.717) is 17.0 Å². The lowest BCUT2D eigenvalue weighted by Crippen LogP contribution is -2.54. The molecule has 0 spiro atoms. The molecule has 0 radical (unpaired) electrons. The molecule has 34 heavy (non-hydrogen) atoms. The standard InChI is InChI=1S/C26H20Cl2N2O4/c1-2-16-8-10-19(11-9-16)30-25(32)20(24(31)29-26(30)33)12-18-13-21(27)23(22(28)14-18)34-15-17-6-4-3-5-7-17/h3-14H,2,15H2,1H3,(H,29,31,33)/b20-12-. The van der Waals surface area contributed by atoms with E-state index in [1.807, 2.05) is 49.4 Å². The fourth-order valence-corrected chi connectivity index (χ4v) is 4.08. The minimum atomic E-state index is -0.808. The molecule has 1 aliphatic heterocycles. The Morgan fingerprint density at radius 1 is 0.912 bits per heavy atom. The van der Waals surface area contributed by atoms with E-state index in [0.717, 1.165) is 22.4 Å². The highest BCUT2D eigenvalue weighted by atomic mass is 35.5. The monoisotopic (exact) mass is 494 g/mol. The first-order chi connectivity index (χ1) is 16.4. The lowest BCUT2D eigenvalue weighted by molar-refractivity contribution is -0.122. The maximum atomic E-state index is 13.1. The minimum Gasteiger partial charge on any atom is -0.486 e. The Bertz CT molecular complexity index is 1260. The first-order valence-electron chi connectivity index (χ1n) is 10.5. The molecule has 0 aromatic heterocycles. The molecule has 1 heterocycles. The lowest BCUT2D eigenvalue weighted by Gasteiger charge is -2.26. The van der Waals surface area contributed by atoms with Crippen LogP contribution in [0, 0.1) is 0 Å². The molecule has 4 rings (SSSR count). The van der Waals surface area contributed by atoms with Crippen LogP contribution in [0.25, 0.3) is 6.08 Å². The molecule has 0 atom stereocenters. The number of urea groups is 1. The molecule has 172 valence electrons. The van der Waals surface area contributed by atoms with Crippen LogP contribution in [-0.2, 0) is 22.6 Å². The largest absolute Gasteiger partial charge is 0.486 e. The fraction of sp³-hybridized carbons (Fsp3) is 0.115. The number of anilines is 1. The predicted octanol–water partition coefficient (Wildman–Crippen LogP) is 5.80. The zero-order chi connectivity index (χ0) is 24.2. The molecular weight excluding hydrogens is 475 g/mol. The Labute approximate surface area is 206 Å². The molecule has 1 aliphatic rings. The number of nitrogens with one attached hydrogen (secondary N) is 1. The first kappa shape index (κ1) is 23.5. The van der Waals surface area contributed by atoms with Gasteiger partial charge in [-0.3, -0.25) is 14.9 Å². The summed E-state index contributed by atoms with van der Waals surface area (Å²) >= 11 is 12.8. The molecule has 6 nitrogen and oxygen atoms in total. The van der Waals surface area contributed by atoms with Crippen molar-refractivity contribution >= 4 is 52.8 Å². The Hall–Kier alpha value is -3.61. The van der Waals surface area contributed by atoms with Crippen LogP contribution < -0.4 is 15.0 Å². The predicted molar refractivity (Wildman–Crippen MR) is 132 cm³/mol. The summed E-state index contributed by atoms with van der Waals surface area (Å²) in [6.07, 6.45) is 2.16.